The summed E-state index contributed by atoms with van der Waals surface area (Å²) in [6.07, 6.45) is 3.64. The number of para-hydroxylation sites is 1. The van der Waals surface area contributed by atoms with Crippen LogP contribution in [0.3, 0.4) is 0 Å². The number of aromatic nitrogens is 1. The molecular formula is C17H13N3O5S2. The highest BCUT2D eigenvalue weighted by Crippen LogP contribution is 2.28. The van der Waals surface area contributed by atoms with Gasteiger partial charge in [-0.3, -0.25) is 20.2 Å². The molecule has 0 unspecified atom stereocenters. The normalized spacial score (nSPS) is 11.7. The second-order valence-electron chi connectivity index (χ2n) is 5.56. The van der Waals surface area contributed by atoms with E-state index in [1.54, 1.807) is 18.2 Å². The maximum Gasteiger partial charge on any atom is 0.276 e. The summed E-state index contributed by atoms with van der Waals surface area (Å²) in [6, 6.07) is 10.6. The fraction of sp³-hybridized carbons (Fsp3) is 0.0588. The van der Waals surface area contributed by atoms with E-state index in [-0.39, 0.29) is 10.6 Å². The lowest BCUT2D eigenvalue weighted by atomic mass is 10.1. The van der Waals surface area contributed by atoms with Crippen LogP contribution in [0.1, 0.15) is 5.56 Å². The molecule has 0 aliphatic heterocycles. The largest absolute Gasteiger partial charge is 0.298 e. The molecule has 0 radical (unpaired) electrons. The number of nitro benzene ring substituents is 1. The van der Waals surface area contributed by atoms with Crippen LogP contribution >= 0.6 is 11.3 Å². The first-order valence-corrected chi connectivity index (χ1v) is 10.3. The second kappa shape index (κ2) is 7.25. The van der Waals surface area contributed by atoms with Gasteiger partial charge in [0.05, 0.1) is 25.6 Å². The molecule has 8 nitrogen and oxygen atoms in total. The lowest BCUT2D eigenvalue weighted by Crippen LogP contribution is -2.07. The van der Waals surface area contributed by atoms with Gasteiger partial charge in [0, 0.05) is 18.4 Å². The number of hydrogen-bond acceptors (Lipinski definition) is 7. The van der Waals surface area contributed by atoms with Gasteiger partial charge in [-0.1, -0.05) is 23.5 Å². The molecule has 0 aliphatic rings. The Morgan fingerprint density at radius 1 is 1.26 bits per heavy atom. The number of nitrogens with zero attached hydrogens (tertiary/aromatic N) is 2. The SMILES string of the molecule is CS(=O)(=O)c1ccc2nc(NC(=O)/C=C/c3ccccc3[N+](=O)[O-])sc2c1. The first-order chi connectivity index (χ1) is 12.7. The summed E-state index contributed by atoms with van der Waals surface area (Å²) in [6.45, 7) is 0. The number of hydrogen-bond donors (Lipinski definition) is 1. The standard InChI is InChI=1S/C17H13N3O5S2/c1-27(24,25)12-7-8-13-15(10-12)26-17(18-13)19-16(21)9-6-11-4-2-3-5-14(11)20(22)23/h2-10H,1H3,(H,18,19,21)/b9-6+. The summed E-state index contributed by atoms with van der Waals surface area (Å²) < 4.78 is 23.8. The maximum absolute atomic E-state index is 12.1. The molecule has 0 atom stereocenters. The molecule has 0 aliphatic carbocycles. The molecular weight excluding hydrogens is 390 g/mol. The zero-order valence-corrected chi connectivity index (χ0v) is 15.6. The highest BCUT2D eigenvalue weighted by molar-refractivity contribution is 7.90. The van der Waals surface area contributed by atoms with Crippen molar-refractivity contribution in [3.63, 3.8) is 0 Å². The van der Waals surface area contributed by atoms with Crippen LogP contribution in [0.4, 0.5) is 10.8 Å². The molecule has 10 heteroatoms. The number of rotatable bonds is 5. The summed E-state index contributed by atoms with van der Waals surface area (Å²) >= 11 is 1.14. The minimum Gasteiger partial charge on any atom is -0.298 e. The van der Waals surface area contributed by atoms with Crippen molar-refractivity contribution in [2.24, 2.45) is 0 Å². The number of sulfone groups is 1. The maximum atomic E-state index is 12.1. The zero-order valence-electron chi connectivity index (χ0n) is 13.9. The van der Waals surface area contributed by atoms with Gasteiger partial charge in [-0.05, 0) is 30.3 Å². The number of carbonyl (C=O) groups excluding carboxylic acids is 1. The Morgan fingerprint density at radius 3 is 2.70 bits per heavy atom. The highest BCUT2D eigenvalue weighted by atomic mass is 32.2. The molecule has 1 heterocycles. The predicted octanol–water partition coefficient (Wildman–Crippen LogP) is 3.26. The number of thiazole rings is 1. The summed E-state index contributed by atoms with van der Waals surface area (Å²) in [5, 5.41) is 13.8. The van der Waals surface area contributed by atoms with Crippen LogP contribution in [0.15, 0.2) is 53.4 Å². The van der Waals surface area contributed by atoms with Gasteiger partial charge in [0.15, 0.2) is 15.0 Å². The fourth-order valence-corrected chi connectivity index (χ4v) is 3.93. The zero-order chi connectivity index (χ0) is 19.6. The minimum atomic E-state index is -3.33. The van der Waals surface area contributed by atoms with E-state index in [2.05, 4.69) is 10.3 Å². The molecule has 0 bridgehead atoms. The third-order valence-corrected chi connectivity index (χ3v) is 5.61. The summed E-state index contributed by atoms with van der Waals surface area (Å²) in [5.74, 6) is -0.504. The lowest BCUT2D eigenvalue weighted by molar-refractivity contribution is -0.385. The van der Waals surface area contributed by atoms with Crippen LogP contribution in [0, 0.1) is 10.1 Å². The Bertz CT molecular complexity index is 1180. The molecule has 138 valence electrons. The third-order valence-electron chi connectivity index (χ3n) is 3.57. The quantitative estimate of drug-likeness (QED) is 0.397. The lowest BCUT2D eigenvalue weighted by Gasteiger charge is -1.97. The second-order valence-corrected chi connectivity index (χ2v) is 8.61. The Morgan fingerprint density at radius 2 is 2.00 bits per heavy atom. The Balaban J connectivity index is 1.79. The van der Waals surface area contributed by atoms with Gasteiger partial charge in [0.1, 0.15) is 0 Å². The molecule has 1 N–H and O–H groups in total. The highest BCUT2D eigenvalue weighted by Gasteiger charge is 2.12. The average molecular weight is 403 g/mol. The number of anilines is 1. The molecule has 2 aromatic carbocycles. The van der Waals surface area contributed by atoms with Crippen molar-refractivity contribution >= 4 is 54.2 Å². The van der Waals surface area contributed by atoms with Crippen molar-refractivity contribution in [2.45, 2.75) is 4.90 Å². The number of amides is 1. The van der Waals surface area contributed by atoms with Crippen LogP contribution in [-0.2, 0) is 14.6 Å². The Kier molecular flexibility index (Phi) is 5.02. The minimum absolute atomic E-state index is 0.102. The van der Waals surface area contributed by atoms with E-state index in [1.165, 1.54) is 36.4 Å². The number of nitrogens with one attached hydrogen (secondary N) is 1. The molecule has 27 heavy (non-hydrogen) atoms. The summed E-state index contributed by atoms with van der Waals surface area (Å²) in [5.41, 5.74) is 0.764. The first kappa shape index (κ1) is 18.7. The fourth-order valence-electron chi connectivity index (χ4n) is 2.30. The smallest absolute Gasteiger partial charge is 0.276 e. The van der Waals surface area contributed by atoms with Crippen molar-refractivity contribution in [1.82, 2.24) is 4.98 Å². The number of benzene rings is 2. The van der Waals surface area contributed by atoms with E-state index in [0.717, 1.165) is 17.6 Å². The van der Waals surface area contributed by atoms with E-state index < -0.39 is 20.7 Å². The van der Waals surface area contributed by atoms with E-state index >= 15 is 0 Å². The van der Waals surface area contributed by atoms with Gasteiger partial charge in [0.2, 0.25) is 5.91 Å². The van der Waals surface area contributed by atoms with Crippen LogP contribution in [-0.4, -0.2) is 30.5 Å². The Labute approximate surface area is 158 Å². The van der Waals surface area contributed by atoms with Crippen LogP contribution in [0.2, 0.25) is 0 Å². The van der Waals surface area contributed by atoms with E-state index in [9.17, 15) is 23.3 Å². The molecule has 0 spiro atoms. The van der Waals surface area contributed by atoms with E-state index in [1.807, 2.05) is 0 Å². The van der Waals surface area contributed by atoms with Crippen molar-refractivity contribution in [2.75, 3.05) is 11.6 Å². The first-order valence-electron chi connectivity index (χ1n) is 7.57. The average Bonchev–Trinajstić information content (AvgIpc) is 3.00. The molecule has 3 aromatic rings. The van der Waals surface area contributed by atoms with Crippen molar-refractivity contribution < 1.29 is 18.1 Å². The third kappa shape index (κ3) is 4.36. The van der Waals surface area contributed by atoms with Crippen molar-refractivity contribution in [3.8, 4) is 0 Å². The van der Waals surface area contributed by atoms with E-state index in [0.29, 0.717) is 20.9 Å². The molecule has 1 amide bonds. The number of fused-ring (bicyclic) bond motifs is 1. The summed E-state index contributed by atoms with van der Waals surface area (Å²) in [7, 11) is -3.33. The number of carbonyl (C=O) groups is 1. The van der Waals surface area contributed by atoms with Gasteiger partial charge in [-0.25, -0.2) is 13.4 Å². The van der Waals surface area contributed by atoms with Gasteiger partial charge in [0.25, 0.3) is 5.69 Å². The Hall–Kier alpha value is -3.11. The molecule has 0 saturated carbocycles. The molecule has 0 fully saturated rings. The molecule has 3 rings (SSSR count). The predicted molar refractivity (Wildman–Crippen MR) is 103 cm³/mol. The van der Waals surface area contributed by atoms with Crippen LogP contribution in [0.25, 0.3) is 16.3 Å². The van der Waals surface area contributed by atoms with Gasteiger partial charge >= 0.3 is 0 Å². The van der Waals surface area contributed by atoms with Crippen LogP contribution < -0.4 is 5.32 Å². The van der Waals surface area contributed by atoms with Crippen LogP contribution in [0.5, 0.6) is 0 Å². The topological polar surface area (TPSA) is 119 Å². The van der Waals surface area contributed by atoms with Crippen molar-refractivity contribution in [1.29, 1.82) is 0 Å². The molecule has 0 saturated heterocycles. The molecule has 1 aromatic heterocycles. The van der Waals surface area contributed by atoms with E-state index in [4.69, 9.17) is 0 Å². The summed E-state index contributed by atoms with van der Waals surface area (Å²) in [4.78, 5) is 26.9. The van der Waals surface area contributed by atoms with Gasteiger partial charge < -0.3 is 0 Å². The van der Waals surface area contributed by atoms with Gasteiger partial charge in [-0.15, -0.1) is 0 Å². The van der Waals surface area contributed by atoms with Gasteiger partial charge in [-0.2, -0.15) is 0 Å². The number of nitro groups is 1. The van der Waals surface area contributed by atoms with Crippen molar-refractivity contribution in [3.05, 3.63) is 64.2 Å². The monoisotopic (exact) mass is 403 g/mol.